The number of carbonyl (C=O) groups excluding carboxylic acids is 2. The summed E-state index contributed by atoms with van der Waals surface area (Å²) >= 11 is 0. The SMILES string of the molecule is CC[C@H](C(=O)NC(C)C)N(Cc1ccccc1C)C(=O)Cc1ccc(C)cc1. The average molecular weight is 381 g/mol. The van der Waals surface area contributed by atoms with E-state index in [9.17, 15) is 9.59 Å². The summed E-state index contributed by atoms with van der Waals surface area (Å²) in [5, 5.41) is 2.97. The first-order valence-electron chi connectivity index (χ1n) is 10.0. The summed E-state index contributed by atoms with van der Waals surface area (Å²) in [5.74, 6) is -0.124. The molecule has 0 aliphatic carbocycles. The van der Waals surface area contributed by atoms with Crippen molar-refractivity contribution in [1.29, 1.82) is 0 Å². The lowest BCUT2D eigenvalue weighted by atomic mass is 10.0. The van der Waals surface area contributed by atoms with Crippen LogP contribution in [0.2, 0.25) is 0 Å². The number of hydrogen-bond acceptors (Lipinski definition) is 2. The Morgan fingerprint density at radius 3 is 2.21 bits per heavy atom. The molecule has 2 rings (SSSR count). The number of nitrogens with one attached hydrogen (secondary N) is 1. The van der Waals surface area contributed by atoms with E-state index in [2.05, 4.69) is 5.32 Å². The zero-order valence-electron chi connectivity index (χ0n) is 17.7. The Bertz CT molecular complexity index is 797. The molecular weight excluding hydrogens is 348 g/mol. The van der Waals surface area contributed by atoms with E-state index in [1.807, 2.05) is 83.1 Å². The molecule has 2 amide bonds. The largest absolute Gasteiger partial charge is 0.352 e. The Morgan fingerprint density at radius 1 is 1.00 bits per heavy atom. The molecule has 150 valence electrons. The van der Waals surface area contributed by atoms with E-state index >= 15 is 0 Å². The summed E-state index contributed by atoms with van der Waals surface area (Å²) in [5.41, 5.74) is 4.31. The van der Waals surface area contributed by atoms with Crippen molar-refractivity contribution in [1.82, 2.24) is 10.2 Å². The van der Waals surface area contributed by atoms with Gasteiger partial charge in [0.05, 0.1) is 6.42 Å². The van der Waals surface area contributed by atoms with Crippen LogP contribution in [0.4, 0.5) is 0 Å². The highest BCUT2D eigenvalue weighted by atomic mass is 16.2. The van der Waals surface area contributed by atoms with Crippen molar-refractivity contribution < 1.29 is 9.59 Å². The first-order valence-corrected chi connectivity index (χ1v) is 10.0. The van der Waals surface area contributed by atoms with Crippen molar-refractivity contribution in [2.45, 2.75) is 66.1 Å². The fraction of sp³-hybridized carbons (Fsp3) is 0.417. The van der Waals surface area contributed by atoms with Crippen LogP contribution in [-0.4, -0.2) is 28.8 Å². The van der Waals surface area contributed by atoms with Gasteiger partial charge in [-0.2, -0.15) is 0 Å². The fourth-order valence-corrected chi connectivity index (χ4v) is 3.25. The second-order valence-corrected chi connectivity index (χ2v) is 7.70. The predicted octanol–water partition coefficient (Wildman–Crippen LogP) is 4.18. The van der Waals surface area contributed by atoms with Crippen LogP contribution in [0, 0.1) is 13.8 Å². The zero-order valence-corrected chi connectivity index (χ0v) is 17.7. The van der Waals surface area contributed by atoms with Gasteiger partial charge in [0.2, 0.25) is 11.8 Å². The Morgan fingerprint density at radius 2 is 1.64 bits per heavy atom. The lowest BCUT2D eigenvalue weighted by Crippen LogP contribution is -2.50. The standard InChI is InChI=1S/C24H32N2O2/c1-6-22(24(28)25-17(2)3)26(16-21-10-8-7-9-19(21)5)23(27)15-20-13-11-18(4)12-14-20/h7-14,17,22H,6,15-16H2,1-5H3,(H,25,28)/t22-/m1/s1. The third kappa shape index (κ3) is 5.95. The molecule has 1 atom stereocenters. The van der Waals surface area contributed by atoms with Crippen molar-refractivity contribution in [3.05, 3.63) is 70.8 Å². The first kappa shape index (κ1) is 21.7. The van der Waals surface area contributed by atoms with E-state index in [0.717, 1.165) is 22.3 Å². The van der Waals surface area contributed by atoms with Crippen molar-refractivity contribution in [3.8, 4) is 0 Å². The van der Waals surface area contributed by atoms with Gasteiger partial charge in [0, 0.05) is 12.6 Å². The number of rotatable bonds is 8. The summed E-state index contributed by atoms with van der Waals surface area (Å²) in [6.45, 7) is 10.3. The van der Waals surface area contributed by atoms with E-state index in [0.29, 0.717) is 13.0 Å². The van der Waals surface area contributed by atoms with Crippen LogP contribution in [0.15, 0.2) is 48.5 Å². The molecule has 0 radical (unpaired) electrons. The number of hydrogen-bond donors (Lipinski definition) is 1. The Balaban J connectivity index is 2.30. The third-order valence-corrected chi connectivity index (χ3v) is 4.89. The number of aryl methyl sites for hydroxylation is 2. The van der Waals surface area contributed by atoms with E-state index in [1.54, 1.807) is 4.90 Å². The van der Waals surface area contributed by atoms with Crippen molar-refractivity contribution in [2.24, 2.45) is 0 Å². The fourth-order valence-electron chi connectivity index (χ4n) is 3.25. The Labute approximate surface area is 169 Å². The van der Waals surface area contributed by atoms with E-state index in [1.165, 1.54) is 0 Å². The summed E-state index contributed by atoms with van der Waals surface area (Å²) in [4.78, 5) is 27.8. The highest BCUT2D eigenvalue weighted by molar-refractivity contribution is 5.88. The molecule has 0 aromatic heterocycles. The van der Waals surface area contributed by atoms with Crippen LogP contribution in [0.3, 0.4) is 0 Å². The molecule has 1 N–H and O–H groups in total. The van der Waals surface area contributed by atoms with E-state index in [-0.39, 0.29) is 24.3 Å². The van der Waals surface area contributed by atoms with Gasteiger partial charge in [0.25, 0.3) is 0 Å². The quantitative estimate of drug-likeness (QED) is 0.747. The molecule has 0 fully saturated rings. The van der Waals surface area contributed by atoms with Gasteiger partial charge in [-0.05, 0) is 50.8 Å². The molecular formula is C24H32N2O2. The van der Waals surface area contributed by atoms with Gasteiger partial charge in [-0.25, -0.2) is 0 Å². The molecule has 0 aliphatic heterocycles. The molecule has 0 saturated carbocycles. The average Bonchev–Trinajstić information content (AvgIpc) is 2.64. The first-order chi connectivity index (χ1) is 13.3. The molecule has 0 spiro atoms. The third-order valence-electron chi connectivity index (χ3n) is 4.89. The summed E-state index contributed by atoms with van der Waals surface area (Å²) in [6, 6.07) is 15.5. The number of amides is 2. The van der Waals surface area contributed by atoms with Gasteiger partial charge in [0.15, 0.2) is 0 Å². The Hall–Kier alpha value is -2.62. The molecule has 28 heavy (non-hydrogen) atoms. The van der Waals surface area contributed by atoms with Gasteiger partial charge in [-0.3, -0.25) is 9.59 Å². The van der Waals surface area contributed by atoms with Crippen LogP contribution >= 0.6 is 0 Å². The lowest BCUT2D eigenvalue weighted by Gasteiger charge is -2.31. The van der Waals surface area contributed by atoms with Gasteiger partial charge in [-0.1, -0.05) is 61.0 Å². The van der Waals surface area contributed by atoms with Gasteiger partial charge in [-0.15, -0.1) is 0 Å². The maximum Gasteiger partial charge on any atom is 0.243 e. The molecule has 0 aliphatic rings. The minimum atomic E-state index is -0.486. The summed E-state index contributed by atoms with van der Waals surface area (Å²) in [6.07, 6.45) is 0.863. The lowest BCUT2D eigenvalue weighted by molar-refractivity contribution is -0.141. The number of carbonyl (C=O) groups is 2. The van der Waals surface area contributed by atoms with E-state index < -0.39 is 6.04 Å². The monoisotopic (exact) mass is 380 g/mol. The minimum absolute atomic E-state index is 0.0298. The van der Waals surface area contributed by atoms with Crippen LogP contribution in [0.1, 0.15) is 49.4 Å². The van der Waals surface area contributed by atoms with Gasteiger partial charge >= 0.3 is 0 Å². The van der Waals surface area contributed by atoms with Gasteiger partial charge < -0.3 is 10.2 Å². The van der Waals surface area contributed by atoms with Crippen molar-refractivity contribution in [2.75, 3.05) is 0 Å². The zero-order chi connectivity index (χ0) is 20.7. The number of benzene rings is 2. The summed E-state index contributed by atoms with van der Waals surface area (Å²) in [7, 11) is 0. The second kappa shape index (κ2) is 10.1. The van der Waals surface area contributed by atoms with Crippen molar-refractivity contribution >= 4 is 11.8 Å². The molecule has 0 bridgehead atoms. The maximum atomic E-state index is 13.2. The minimum Gasteiger partial charge on any atom is -0.352 e. The molecule has 4 heteroatoms. The summed E-state index contributed by atoms with van der Waals surface area (Å²) < 4.78 is 0. The van der Waals surface area contributed by atoms with Gasteiger partial charge in [0.1, 0.15) is 6.04 Å². The highest BCUT2D eigenvalue weighted by Gasteiger charge is 2.29. The normalized spacial score (nSPS) is 11.9. The molecule has 4 nitrogen and oxygen atoms in total. The number of nitrogens with zero attached hydrogens (tertiary/aromatic N) is 1. The molecule has 2 aromatic rings. The topological polar surface area (TPSA) is 49.4 Å². The smallest absolute Gasteiger partial charge is 0.243 e. The highest BCUT2D eigenvalue weighted by Crippen LogP contribution is 2.17. The maximum absolute atomic E-state index is 13.2. The molecule has 2 aromatic carbocycles. The van der Waals surface area contributed by atoms with Crippen LogP contribution in [0.5, 0.6) is 0 Å². The van der Waals surface area contributed by atoms with Crippen LogP contribution in [-0.2, 0) is 22.6 Å². The van der Waals surface area contributed by atoms with E-state index in [4.69, 9.17) is 0 Å². The second-order valence-electron chi connectivity index (χ2n) is 7.70. The van der Waals surface area contributed by atoms with Crippen LogP contribution in [0.25, 0.3) is 0 Å². The molecule has 0 saturated heterocycles. The Kier molecular flexibility index (Phi) is 7.80. The van der Waals surface area contributed by atoms with Crippen LogP contribution < -0.4 is 5.32 Å². The predicted molar refractivity (Wildman–Crippen MR) is 114 cm³/mol. The molecule has 0 unspecified atom stereocenters. The van der Waals surface area contributed by atoms with Crippen molar-refractivity contribution in [3.63, 3.8) is 0 Å². The molecule has 0 heterocycles.